The van der Waals surface area contributed by atoms with Crippen LogP contribution in [-0.2, 0) is 10.0 Å². The third kappa shape index (κ3) is 2.72. The summed E-state index contributed by atoms with van der Waals surface area (Å²) in [5.74, 6) is 0.647. The maximum Gasteiger partial charge on any atom is 0.264 e. The van der Waals surface area contributed by atoms with Gasteiger partial charge < -0.3 is 9.47 Å². The summed E-state index contributed by atoms with van der Waals surface area (Å²) in [7, 11) is -1.12. The van der Waals surface area contributed by atoms with Crippen LogP contribution in [0, 0.1) is 0 Å². The molecule has 126 valence electrons. The SMILES string of the molecule is COc1cccc(NS(=O)(=O)c2ccc(Cl)c3nonc23)c1OC. The van der Waals surface area contributed by atoms with Crippen molar-refractivity contribution in [1.82, 2.24) is 10.3 Å². The number of halogens is 1. The minimum Gasteiger partial charge on any atom is -0.493 e. The fourth-order valence-corrected chi connectivity index (χ4v) is 3.58. The van der Waals surface area contributed by atoms with Gasteiger partial charge in [-0.15, -0.1) is 0 Å². The highest BCUT2D eigenvalue weighted by atomic mass is 35.5. The van der Waals surface area contributed by atoms with Crippen LogP contribution in [0.15, 0.2) is 39.9 Å². The molecule has 0 atom stereocenters. The maximum atomic E-state index is 12.7. The average molecular weight is 370 g/mol. The Kier molecular flexibility index (Phi) is 4.20. The van der Waals surface area contributed by atoms with Crippen molar-refractivity contribution in [2.45, 2.75) is 4.90 Å². The lowest BCUT2D eigenvalue weighted by molar-refractivity contribution is 0.315. The zero-order valence-corrected chi connectivity index (χ0v) is 14.2. The summed E-state index contributed by atoms with van der Waals surface area (Å²) in [4.78, 5) is -0.118. The second-order valence-corrected chi connectivity index (χ2v) is 6.71. The summed E-state index contributed by atoms with van der Waals surface area (Å²) in [5, 5.41) is 7.46. The zero-order valence-electron chi connectivity index (χ0n) is 12.6. The topological polar surface area (TPSA) is 104 Å². The zero-order chi connectivity index (χ0) is 17.3. The molecule has 0 saturated carbocycles. The van der Waals surface area contributed by atoms with Gasteiger partial charge in [0.15, 0.2) is 22.5 Å². The van der Waals surface area contributed by atoms with Crippen molar-refractivity contribution in [3.05, 3.63) is 35.4 Å². The number of ether oxygens (including phenoxy) is 2. The van der Waals surface area contributed by atoms with E-state index in [2.05, 4.69) is 19.7 Å². The van der Waals surface area contributed by atoms with E-state index in [1.54, 1.807) is 18.2 Å². The molecule has 0 aliphatic carbocycles. The quantitative estimate of drug-likeness (QED) is 0.737. The number of nitrogens with one attached hydrogen (secondary N) is 1. The summed E-state index contributed by atoms with van der Waals surface area (Å²) in [6.45, 7) is 0. The predicted octanol–water partition coefficient (Wildman–Crippen LogP) is 2.69. The molecule has 0 fully saturated rings. The van der Waals surface area contributed by atoms with Crippen molar-refractivity contribution in [3.8, 4) is 11.5 Å². The summed E-state index contributed by atoms with van der Waals surface area (Å²) >= 11 is 5.95. The fraction of sp³-hybridized carbons (Fsp3) is 0.143. The number of anilines is 1. The van der Waals surface area contributed by atoms with Crippen LogP contribution in [0.2, 0.25) is 5.02 Å². The first-order chi connectivity index (χ1) is 11.5. The molecule has 0 aliphatic rings. The first-order valence-electron chi connectivity index (χ1n) is 6.62. The van der Waals surface area contributed by atoms with Crippen LogP contribution in [0.1, 0.15) is 0 Å². The van der Waals surface area contributed by atoms with Crippen molar-refractivity contribution < 1.29 is 22.5 Å². The van der Waals surface area contributed by atoms with Gasteiger partial charge in [0, 0.05) is 0 Å². The molecule has 0 aliphatic heterocycles. The smallest absolute Gasteiger partial charge is 0.264 e. The normalized spacial score (nSPS) is 11.5. The van der Waals surface area contributed by atoms with Gasteiger partial charge >= 0.3 is 0 Å². The lowest BCUT2D eigenvalue weighted by Crippen LogP contribution is -2.14. The van der Waals surface area contributed by atoms with E-state index in [1.165, 1.54) is 26.4 Å². The summed E-state index contributed by atoms with van der Waals surface area (Å²) < 4.78 is 42.9. The highest BCUT2D eigenvalue weighted by Crippen LogP contribution is 2.36. The van der Waals surface area contributed by atoms with Gasteiger partial charge in [-0.25, -0.2) is 13.0 Å². The molecule has 0 bridgehead atoms. The van der Waals surface area contributed by atoms with E-state index in [4.69, 9.17) is 21.1 Å². The second-order valence-electron chi connectivity index (χ2n) is 4.65. The predicted molar refractivity (Wildman–Crippen MR) is 87.2 cm³/mol. The number of nitrogens with zero attached hydrogens (tertiary/aromatic N) is 2. The van der Waals surface area contributed by atoms with Crippen LogP contribution in [0.5, 0.6) is 11.5 Å². The number of rotatable bonds is 5. The third-order valence-electron chi connectivity index (χ3n) is 3.27. The third-order valence-corrected chi connectivity index (χ3v) is 4.97. The van der Waals surface area contributed by atoms with E-state index in [9.17, 15) is 8.42 Å². The second kappa shape index (κ2) is 6.17. The van der Waals surface area contributed by atoms with Gasteiger partial charge in [-0.1, -0.05) is 17.7 Å². The van der Waals surface area contributed by atoms with Gasteiger partial charge in [0.05, 0.1) is 24.9 Å². The van der Waals surface area contributed by atoms with Crippen molar-refractivity contribution in [3.63, 3.8) is 0 Å². The number of hydrogen-bond acceptors (Lipinski definition) is 7. The molecule has 3 rings (SSSR count). The molecule has 3 aromatic rings. The molecule has 2 aromatic carbocycles. The van der Waals surface area contributed by atoms with Crippen LogP contribution < -0.4 is 14.2 Å². The van der Waals surface area contributed by atoms with Gasteiger partial charge in [0.1, 0.15) is 4.90 Å². The number of aromatic nitrogens is 2. The summed E-state index contributed by atoms with van der Waals surface area (Å²) in [6.07, 6.45) is 0. The number of sulfonamides is 1. The first-order valence-corrected chi connectivity index (χ1v) is 8.48. The van der Waals surface area contributed by atoms with Gasteiger partial charge in [-0.05, 0) is 34.6 Å². The highest BCUT2D eigenvalue weighted by Gasteiger charge is 2.24. The van der Waals surface area contributed by atoms with Crippen molar-refractivity contribution in [2.24, 2.45) is 0 Å². The Bertz CT molecular complexity index is 1000. The van der Waals surface area contributed by atoms with Crippen molar-refractivity contribution in [2.75, 3.05) is 18.9 Å². The van der Waals surface area contributed by atoms with Crippen molar-refractivity contribution in [1.29, 1.82) is 0 Å². The van der Waals surface area contributed by atoms with Crippen LogP contribution >= 0.6 is 11.6 Å². The Morgan fingerprint density at radius 1 is 1.08 bits per heavy atom. The fourth-order valence-electron chi connectivity index (χ4n) is 2.20. The highest BCUT2D eigenvalue weighted by molar-refractivity contribution is 7.93. The van der Waals surface area contributed by atoms with Crippen LogP contribution in [-0.4, -0.2) is 33.0 Å². The summed E-state index contributed by atoms with van der Waals surface area (Å²) in [5.41, 5.74) is 0.422. The monoisotopic (exact) mass is 369 g/mol. The standard InChI is InChI=1S/C14H12ClN3O5S/c1-21-10-5-3-4-9(14(10)22-2)18-24(19,20)11-7-6-8(15)12-13(11)17-23-16-12/h3-7,18H,1-2H3. The minimum absolute atomic E-state index is 0.0388. The Labute approximate surface area is 142 Å². The lowest BCUT2D eigenvalue weighted by atomic mass is 10.3. The van der Waals surface area contributed by atoms with E-state index < -0.39 is 10.0 Å². The van der Waals surface area contributed by atoms with E-state index in [-0.39, 0.29) is 32.4 Å². The van der Waals surface area contributed by atoms with Gasteiger partial charge in [0.25, 0.3) is 10.0 Å². The van der Waals surface area contributed by atoms with Gasteiger partial charge in [-0.2, -0.15) is 0 Å². The van der Waals surface area contributed by atoms with E-state index >= 15 is 0 Å². The van der Waals surface area contributed by atoms with Gasteiger partial charge in [-0.3, -0.25) is 4.72 Å². The number of para-hydroxylation sites is 1. The van der Waals surface area contributed by atoms with Crippen molar-refractivity contribution >= 4 is 38.3 Å². The van der Waals surface area contributed by atoms with Crippen LogP contribution in [0.4, 0.5) is 5.69 Å². The molecule has 8 nitrogen and oxygen atoms in total. The molecule has 0 spiro atoms. The molecular weight excluding hydrogens is 358 g/mol. The molecule has 0 radical (unpaired) electrons. The van der Waals surface area contributed by atoms with E-state index in [0.29, 0.717) is 5.75 Å². The number of methoxy groups -OCH3 is 2. The first kappa shape index (κ1) is 16.3. The Morgan fingerprint density at radius 3 is 2.54 bits per heavy atom. The van der Waals surface area contributed by atoms with E-state index in [1.807, 2.05) is 0 Å². The van der Waals surface area contributed by atoms with E-state index in [0.717, 1.165) is 0 Å². The average Bonchev–Trinajstić information content (AvgIpc) is 3.04. The number of hydrogen-bond donors (Lipinski definition) is 1. The molecule has 0 saturated heterocycles. The molecule has 1 heterocycles. The lowest BCUT2D eigenvalue weighted by Gasteiger charge is -2.14. The Morgan fingerprint density at radius 2 is 1.83 bits per heavy atom. The number of fused-ring (bicyclic) bond motifs is 1. The summed E-state index contributed by atoms with van der Waals surface area (Å²) in [6, 6.07) is 7.56. The van der Waals surface area contributed by atoms with Crippen LogP contribution in [0.3, 0.4) is 0 Å². The molecule has 1 aromatic heterocycles. The molecule has 0 unspecified atom stereocenters. The molecule has 1 N–H and O–H groups in total. The maximum absolute atomic E-state index is 12.7. The Balaban J connectivity index is 2.09. The molecule has 10 heteroatoms. The Hall–Kier alpha value is -2.52. The molecule has 0 amide bonds. The van der Waals surface area contributed by atoms with Gasteiger partial charge in [0.2, 0.25) is 0 Å². The molecule has 24 heavy (non-hydrogen) atoms. The molecular formula is C14H12ClN3O5S. The van der Waals surface area contributed by atoms with Crippen LogP contribution in [0.25, 0.3) is 11.0 Å². The minimum atomic E-state index is -3.99. The largest absolute Gasteiger partial charge is 0.493 e. The number of benzene rings is 2.